The lowest BCUT2D eigenvalue weighted by Crippen LogP contribution is -2.24. The van der Waals surface area contributed by atoms with Crippen molar-refractivity contribution in [2.75, 3.05) is 12.4 Å². The fourth-order valence-corrected chi connectivity index (χ4v) is 3.17. The van der Waals surface area contributed by atoms with E-state index in [-0.39, 0.29) is 30.1 Å². The number of hydrogen-bond acceptors (Lipinski definition) is 5. The van der Waals surface area contributed by atoms with Gasteiger partial charge in [0.2, 0.25) is 0 Å². The zero-order valence-electron chi connectivity index (χ0n) is 15.5. The summed E-state index contributed by atoms with van der Waals surface area (Å²) in [5.41, 5.74) is 3.21. The fourth-order valence-electron chi connectivity index (χ4n) is 3.17. The topological polar surface area (TPSA) is 78.3 Å². The molecule has 28 heavy (non-hydrogen) atoms. The highest BCUT2D eigenvalue weighted by Crippen LogP contribution is 2.29. The van der Waals surface area contributed by atoms with Crippen LogP contribution in [0.25, 0.3) is 0 Å². The van der Waals surface area contributed by atoms with Crippen molar-refractivity contribution in [3.63, 3.8) is 0 Å². The van der Waals surface area contributed by atoms with Gasteiger partial charge in [-0.05, 0) is 42.3 Å². The molecule has 1 amide bonds. The van der Waals surface area contributed by atoms with Crippen molar-refractivity contribution in [1.82, 2.24) is 15.0 Å². The second kappa shape index (κ2) is 7.40. The Hall–Kier alpha value is -3.26. The van der Waals surface area contributed by atoms with Crippen LogP contribution in [0.1, 0.15) is 33.4 Å². The highest BCUT2D eigenvalue weighted by atomic mass is 19.1. The van der Waals surface area contributed by atoms with Crippen molar-refractivity contribution in [1.29, 1.82) is 0 Å². The molecule has 0 spiro atoms. The zero-order valence-corrected chi connectivity index (χ0v) is 15.5. The molecule has 1 aliphatic heterocycles. The summed E-state index contributed by atoms with van der Waals surface area (Å²) in [6.07, 6.45) is -0.275. The number of rotatable bonds is 4. The molecule has 7 nitrogen and oxygen atoms in total. The van der Waals surface area contributed by atoms with Gasteiger partial charge in [-0.25, -0.2) is 9.07 Å². The van der Waals surface area contributed by atoms with Gasteiger partial charge in [0.15, 0.2) is 5.69 Å². The van der Waals surface area contributed by atoms with E-state index in [0.717, 1.165) is 11.1 Å². The summed E-state index contributed by atoms with van der Waals surface area (Å²) in [4.78, 5) is 12.7. The minimum Gasteiger partial charge on any atom is -0.495 e. The van der Waals surface area contributed by atoms with Gasteiger partial charge in [0.25, 0.3) is 5.91 Å². The quantitative estimate of drug-likeness (QED) is 0.749. The molecule has 0 aliphatic carbocycles. The van der Waals surface area contributed by atoms with E-state index in [0.29, 0.717) is 23.7 Å². The molecule has 0 saturated heterocycles. The number of carbonyl (C=O) groups is 1. The monoisotopic (exact) mass is 382 g/mol. The summed E-state index contributed by atoms with van der Waals surface area (Å²) >= 11 is 0. The largest absolute Gasteiger partial charge is 0.495 e. The van der Waals surface area contributed by atoms with Gasteiger partial charge in [0.1, 0.15) is 17.7 Å². The van der Waals surface area contributed by atoms with Crippen LogP contribution in [0.2, 0.25) is 0 Å². The van der Waals surface area contributed by atoms with Gasteiger partial charge in [-0.3, -0.25) is 4.79 Å². The first kappa shape index (κ1) is 18.1. The number of hydrogen-bond donors (Lipinski definition) is 1. The molecule has 1 N–H and O–H groups in total. The third-order valence-electron chi connectivity index (χ3n) is 4.66. The van der Waals surface area contributed by atoms with Crippen LogP contribution in [0.4, 0.5) is 10.1 Å². The predicted octanol–water partition coefficient (Wildman–Crippen LogP) is 3.26. The van der Waals surface area contributed by atoms with Gasteiger partial charge < -0.3 is 14.8 Å². The van der Waals surface area contributed by atoms with E-state index in [1.165, 1.54) is 12.1 Å². The second-order valence-electron chi connectivity index (χ2n) is 6.58. The van der Waals surface area contributed by atoms with Crippen LogP contribution in [0.5, 0.6) is 5.75 Å². The molecule has 0 saturated carbocycles. The number of carbonyl (C=O) groups excluding carboxylic acids is 1. The number of nitrogens with one attached hydrogen (secondary N) is 1. The van der Waals surface area contributed by atoms with Gasteiger partial charge in [-0.1, -0.05) is 23.4 Å². The maximum atomic E-state index is 13.1. The van der Waals surface area contributed by atoms with Crippen LogP contribution >= 0.6 is 0 Å². The first-order chi connectivity index (χ1) is 13.5. The molecule has 2 aromatic carbocycles. The number of ether oxygens (including phenoxy) is 2. The van der Waals surface area contributed by atoms with Crippen molar-refractivity contribution in [2.24, 2.45) is 0 Å². The third-order valence-corrected chi connectivity index (χ3v) is 4.66. The normalized spacial score (nSPS) is 15.8. The third kappa shape index (κ3) is 3.46. The van der Waals surface area contributed by atoms with Crippen LogP contribution in [0, 0.1) is 12.7 Å². The molecule has 8 heteroatoms. The Morgan fingerprint density at radius 3 is 2.82 bits per heavy atom. The van der Waals surface area contributed by atoms with E-state index in [4.69, 9.17) is 9.47 Å². The lowest BCUT2D eigenvalue weighted by molar-refractivity contribution is -0.00174. The molecule has 0 fully saturated rings. The molecule has 0 radical (unpaired) electrons. The van der Waals surface area contributed by atoms with Crippen molar-refractivity contribution in [3.05, 3.63) is 70.8 Å². The van der Waals surface area contributed by atoms with Crippen molar-refractivity contribution in [3.8, 4) is 5.75 Å². The minimum atomic E-state index is -0.381. The van der Waals surface area contributed by atoms with Crippen LogP contribution in [-0.4, -0.2) is 28.0 Å². The molecule has 2 heterocycles. The molecule has 1 aromatic heterocycles. The maximum Gasteiger partial charge on any atom is 0.278 e. The van der Waals surface area contributed by atoms with E-state index in [1.54, 1.807) is 30.0 Å². The van der Waals surface area contributed by atoms with E-state index >= 15 is 0 Å². The SMILES string of the molecule is COc1ccc(C)cc1NC(=O)c1nnn2c1COC(c1ccc(F)cc1)C2. The zero-order chi connectivity index (χ0) is 19.7. The Morgan fingerprint density at radius 2 is 2.07 bits per heavy atom. The average Bonchev–Trinajstić information content (AvgIpc) is 3.12. The number of anilines is 1. The minimum absolute atomic E-state index is 0.183. The Bertz CT molecular complexity index is 1020. The summed E-state index contributed by atoms with van der Waals surface area (Å²) in [5.74, 6) is -0.117. The standard InChI is InChI=1S/C20H19FN4O3/c1-12-3-8-17(27-2)15(9-12)22-20(26)19-16-11-28-18(10-25(16)24-23-19)13-4-6-14(21)7-5-13/h3-9,18H,10-11H2,1-2H3,(H,22,26). The summed E-state index contributed by atoms with van der Waals surface area (Å²) < 4.78 is 25.9. The lowest BCUT2D eigenvalue weighted by atomic mass is 10.1. The first-order valence-corrected chi connectivity index (χ1v) is 8.80. The van der Waals surface area contributed by atoms with E-state index in [2.05, 4.69) is 15.6 Å². The van der Waals surface area contributed by atoms with Crippen LogP contribution < -0.4 is 10.1 Å². The van der Waals surface area contributed by atoms with Gasteiger partial charge in [-0.15, -0.1) is 5.10 Å². The Balaban J connectivity index is 1.53. The summed E-state index contributed by atoms with van der Waals surface area (Å²) in [6.45, 7) is 2.51. The molecule has 1 atom stereocenters. The number of halogens is 1. The molecular weight excluding hydrogens is 363 g/mol. The van der Waals surface area contributed by atoms with Crippen LogP contribution in [-0.2, 0) is 17.9 Å². The second-order valence-corrected chi connectivity index (χ2v) is 6.58. The molecule has 4 rings (SSSR count). The number of aromatic nitrogens is 3. The first-order valence-electron chi connectivity index (χ1n) is 8.80. The Kier molecular flexibility index (Phi) is 4.79. The summed E-state index contributed by atoms with van der Waals surface area (Å²) in [5, 5.41) is 11.0. The van der Waals surface area contributed by atoms with Gasteiger partial charge in [0, 0.05) is 0 Å². The fraction of sp³-hybridized carbons (Fsp3) is 0.250. The van der Waals surface area contributed by atoms with Crippen LogP contribution in [0.3, 0.4) is 0 Å². The Morgan fingerprint density at radius 1 is 1.29 bits per heavy atom. The van der Waals surface area contributed by atoms with Gasteiger partial charge in [0.05, 0.1) is 31.6 Å². The number of fused-ring (bicyclic) bond motifs is 1. The van der Waals surface area contributed by atoms with Crippen LogP contribution in [0.15, 0.2) is 42.5 Å². The number of nitrogens with zero attached hydrogens (tertiary/aromatic N) is 3. The molecule has 0 bridgehead atoms. The van der Waals surface area contributed by atoms with E-state index in [9.17, 15) is 9.18 Å². The molecule has 3 aromatic rings. The molecule has 1 unspecified atom stereocenters. The van der Waals surface area contributed by atoms with Crippen molar-refractivity contribution < 1.29 is 18.7 Å². The highest BCUT2D eigenvalue weighted by Gasteiger charge is 2.28. The van der Waals surface area contributed by atoms with E-state index < -0.39 is 0 Å². The number of benzene rings is 2. The summed E-state index contributed by atoms with van der Waals surface area (Å²) in [7, 11) is 1.55. The number of methoxy groups -OCH3 is 1. The molecular formula is C20H19FN4O3. The number of aryl methyl sites for hydroxylation is 1. The smallest absolute Gasteiger partial charge is 0.278 e. The van der Waals surface area contributed by atoms with Gasteiger partial charge in [-0.2, -0.15) is 0 Å². The predicted molar refractivity (Wildman–Crippen MR) is 99.6 cm³/mol. The average molecular weight is 382 g/mol. The summed E-state index contributed by atoms with van der Waals surface area (Å²) in [6, 6.07) is 11.7. The molecule has 144 valence electrons. The van der Waals surface area contributed by atoms with Crippen molar-refractivity contribution >= 4 is 11.6 Å². The lowest BCUT2D eigenvalue weighted by Gasteiger charge is -2.24. The van der Waals surface area contributed by atoms with Crippen molar-refractivity contribution in [2.45, 2.75) is 26.2 Å². The van der Waals surface area contributed by atoms with Gasteiger partial charge >= 0.3 is 0 Å². The maximum absolute atomic E-state index is 13.1. The number of amides is 1. The molecule has 1 aliphatic rings. The van der Waals surface area contributed by atoms with E-state index in [1.807, 2.05) is 19.1 Å². The highest BCUT2D eigenvalue weighted by molar-refractivity contribution is 6.04. The Labute approximate surface area is 161 Å².